The number of rotatable bonds is 4. The lowest BCUT2D eigenvalue weighted by Gasteiger charge is -2.18. The number of phenols is 1. The molecule has 1 aliphatic carbocycles. The molecule has 0 saturated heterocycles. The van der Waals surface area contributed by atoms with Gasteiger partial charge in [-0.2, -0.15) is 0 Å². The lowest BCUT2D eigenvalue weighted by Crippen LogP contribution is -2.29. The van der Waals surface area contributed by atoms with E-state index in [4.69, 9.17) is 4.74 Å². The van der Waals surface area contributed by atoms with Crippen molar-refractivity contribution in [1.82, 2.24) is 5.32 Å². The van der Waals surface area contributed by atoms with Gasteiger partial charge in [-0.1, -0.05) is 12.2 Å². The van der Waals surface area contributed by atoms with Crippen molar-refractivity contribution in [3.8, 4) is 11.5 Å². The van der Waals surface area contributed by atoms with Crippen LogP contribution in [0, 0.1) is 5.92 Å². The average molecular weight is 261 g/mol. The van der Waals surface area contributed by atoms with E-state index in [1.807, 2.05) is 0 Å². The van der Waals surface area contributed by atoms with Crippen molar-refractivity contribution in [1.29, 1.82) is 0 Å². The number of carbonyl (C=O) groups excluding carboxylic acids is 1. The van der Waals surface area contributed by atoms with Crippen molar-refractivity contribution in [2.24, 2.45) is 5.92 Å². The van der Waals surface area contributed by atoms with Gasteiger partial charge in [0.1, 0.15) is 0 Å². The Balaban J connectivity index is 1.92. The van der Waals surface area contributed by atoms with E-state index in [0.29, 0.717) is 23.8 Å². The van der Waals surface area contributed by atoms with Crippen molar-refractivity contribution in [2.45, 2.75) is 19.3 Å². The van der Waals surface area contributed by atoms with E-state index in [-0.39, 0.29) is 11.7 Å². The van der Waals surface area contributed by atoms with Crippen LogP contribution in [0.15, 0.2) is 30.4 Å². The van der Waals surface area contributed by atoms with Gasteiger partial charge in [-0.05, 0) is 43.4 Å². The normalized spacial score (nSPS) is 18.1. The molecular weight excluding hydrogens is 242 g/mol. The van der Waals surface area contributed by atoms with Crippen molar-refractivity contribution >= 4 is 5.91 Å². The molecule has 1 aromatic rings. The molecule has 1 atom stereocenters. The Labute approximate surface area is 113 Å². The Hall–Kier alpha value is -1.97. The fourth-order valence-corrected chi connectivity index (χ4v) is 2.21. The molecule has 1 unspecified atom stereocenters. The Bertz CT molecular complexity index is 482. The van der Waals surface area contributed by atoms with Gasteiger partial charge in [0, 0.05) is 12.1 Å². The van der Waals surface area contributed by atoms with Crippen LogP contribution < -0.4 is 10.1 Å². The molecule has 1 amide bonds. The predicted molar refractivity (Wildman–Crippen MR) is 73.5 cm³/mol. The standard InChI is InChI=1S/C15H19NO3/c1-19-14-8-7-12(9-13(14)17)15(18)16-10-11-5-3-2-4-6-11/h2-3,7-9,11,17H,4-6,10H2,1H3,(H,16,18). The number of hydrogen-bond acceptors (Lipinski definition) is 3. The third-order valence-electron chi connectivity index (χ3n) is 3.37. The molecule has 0 aliphatic heterocycles. The number of nitrogens with one attached hydrogen (secondary N) is 1. The van der Waals surface area contributed by atoms with Gasteiger partial charge in [0.05, 0.1) is 7.11 Å². The molecule has 0 saturated carbocycles. The highest BCUT2D eigenvalue weighted by molar-refractivity contribution is 5.94. The second-order valence-electron chi connectivity index (χ2n) is 4.75. The molecule has 0 heterocycles. The van der Waals surface area contributed by atoms with Crippen LogP contribution in [-0.4, -0.2) is 24.7 Å². The largest absolute Gasteiger partial charge is 0.504 e. The fourth-order valence-electron chi connectivity index (χ4n) is 2.21. The summed E-state index contributed by atoms with van der Waals surface area (Å²) >= 11 is 0. The number of methoxy groups -OCH3 is 1. The van der Waals surface area contributed by atoms with Crippen molar-refractivity contribution < 1.29 is 14.6 Å². The number of carbonyl (C=O) groups is 1. The van der Waals surface area contributed by atoms with Crippen LogP contribution in [0.5, 0.6) is 11.5 Å². The quantitative estimate of drug-likeness (QED) is 0.819. The van der Waals surface area contributed by atoms with Crippen LogP contribution in [0.3, 0.4) is 0 Å². The maximum Gasteiger partial charge on any atom is 0.251 e. The highest BCUT2D eigenvalue weighted by atomic mass is 16.5. The van der Waals surface area contributed by atoms with Crippen molar-refractivity contribution in [3.05, 3.63) is 35.9 Å². The number of phenolic OH excluding ortho intramolecular Hbond substituents is 1. The van der Waals surface area contributed by atoms with Gasteiger partial charge in [-0.15, -0.1) is 0 Å². The minimum absolute atomic E-state index is 0.0178. The van der Waals surface area contributed by atoms with Crippen LogP contribution in [0.2, 0.25) is 0 Å². The molecule has 4 heteroatoms. The SMILES string of the molecule is COc1ccc(C(=O)NCC2CC=CCC2)cc1O. The van der Waals surface area contributed by atoms with E-state index in [0.717, 1.165) is 19.3 Å². The summed E-state index contributed by atoms with van der Waals surface area (Å²) in [5.41, 5.74) is 0.449. The summed E-state index contributed by atoms with van der Waals surface area (Å²) in [4.78, 5) is 12.0. The monoisotopic (exact) mass is 261 g/mol. The molecule has 0 aromatic heterocycles. The van der Waals surface area contributed by atoms with Crippen LogP contribution in [-0.2, 0) is 0 Å². The lowest BCUT2D eigenvalue weighted by molar-refractivity contribution is 0.0946. The summed E-state index contributed by atoms with van der Waals surface area (Å²) in [7, 11) is 1.48. The maximum absolute atomic E-state index is 12.0. The topological polar surface area (TPSA) is 58.6 Å². The minimum atomic E-state index is -0.160. The van der Waals surface area contributed by atoms with Gasteiger partial charge < -0.3 is 15.2 Å². The summed E-state index contributed by atoms with van der Waals surface area (Å²) in [5, 5.41) is 12.6. The maximum atomic E-state index is 12.0. The van der Waals surface area contributed by atoms with Crippen LogP contribution >= 0.6 is 0 Å². The van der Waals surface area contributed by atoms with Gasteiger partial charge >= 0.3 is 0 Å². The molecule has 2 N–H and O–H groups in total. The minimum Gasteiger partial charge on any atom is -0.504 e. The van der Waals surface area contributed by atoms with E-state index in [9.17, 15) is 9.90 Å². The van der Waals surface area contributed by atoms with Gasteiger partial charge in [0.2, 0.25) is 0 Å². The first kappa shape index (κ1) is 13.5. The van der Waals surface area contributed by atoms with E-state index in [2.05, 4.69) is 17.5 Å². The predicted octanol–water partition coefficient (Wildman–Crippen LogP) is 2.49. The number of benzene rings is 1. The van der Waals surface area contributed by atoms with Crippen LogP contribution in [0.4, 0.5) is 0 Å². The van der Waals surface area contributed by atoms with E-state index in [1.165, 1.54) is 13.2 Å². The Morgan fingerprint density at radius 2 is 2.32 bits per heavy atom. The zero-order chi connectivity index (χ0) is 13.7. The molecule has 4 nitrogen and oxygen atoms in total. The van der Waals surface area contributed by atoms with E-state index >= 15 is 0 Å². The van der Waals surface area contributed by atoms with Gasteiger partial charge in [0.15, 0.2) is 11.5 Å². The first-order valence-corrected chi connectivity index (χ1v) is 6.51. The van der Waals surface area contributed by atoms with Crippen LogP contribution in [0.1, 0.15) is 29.6 Å². The first-order chi connectivity index (χ1) is 9.20. The number of allylic oxidation sites excluding steroid dienone is 2. The number of aromatic hydroxyl groups is 1. The third-order valence-corrected chi connectivity index (χ3v) is 3.37. The zero-order valence-electron chi connectivity index (χ0n) is 11.1. The summed E-state index contributed by atoms with van der Waals surface area (Å²) in [5.74, 6) is 0.706. The fraction of sp³-hybridized carbons (Fsp3) is 0.400. The van der Waals surface area contributed by atoms with Gasteiger partial charge in [-0.3, -0.25) is 4.79 Å². The Kier molecular flexibility index (Phi) is 4.44. The van der Waals surface area contributed by atoms with Gasteiger partial charge in [0.25, 0.3) is 5.91 Å². The number of amides is 1. The van der Waals surface area contributed by atoms with Crippen LogP contribution in [0.25, 0.3) is 0 Å². The molecule has 102 valence electrons. The van der Waals surface area contributed by atoms with Crippen molar-refractivity contribution in [3.63, 3.8) is 0 Å². The lowest BCUT2D eigenvalue weighted by atomic mass is 9.94. The highest BCUT2D eigenvalue weighted by Crippen LogP contribution is 2.26. The smallest absolute Gasteiger partial charge is 0.251 e. The summed E-state index contributed by atoms with van der Waals surface area (Å²) < 4.78 is 4.95. The molecule has 0 radical (unpaired) electrons. The zero-order valence-corrected chi connectivity index (χ0v) is 11.1. The summed E-state index contributed by atoms with van der Waals surface area (Å²) in [6.45, 7) is 0.677. The van der Waals surface area contributed by atoms with E-state index in [1.54, 1.807) is 12.1 Å². The molecule has 2 rings (SSSR count). The summed E-state index contributed by atoms with van der Waals surface area (Å²) in [6, 6.07) is 4.66. The molecule has 0 fully saturated rings. The molecule has 0 spiro atoms. The molecule has 1 aromatic carbocycles. The van der Waals surface area contributed by atoms with Crippen molar-refractivity contribution in [2.75, 3.05) is 13.7 Å². The first-order valence-electron chi connectivity index (χ1n) is 6.51. The highest BCUT2D eigenvalue weighted by Gasteiger charge is 2.13. The number of hydrogen-bond donors (Lipinski definition) is 2. The second kappa shape index (κ2) is 6.27. The molecule has 0 bridgehead atoms. The van der Waals surface area contributed by atoms with E-state index < -0.39 is 0 Å². The molecular formula is C15H19NO3. The molecule has 1 aliphatic rings. The molecule has 19 heavy (non-hydrogen) atoms. The Morgan fingerprint density at radius 3 is 2.95 bits per heavy atom. The summed E-state index contributed by atoms with van der Waals surface area (Å²) in [6.07, 6.45) is 7.57. The third kappa shape index (κ3) is 3.50. The Morgan fingerprint density at radius 1 is 1.47 bits per heavy atom. The second-order valence-corrected chi connectivity index (χ2v) is 4.75. The number of ether oxygens (including phenoxy) is 1. The van der Waals surface area contributed by atoms with Gasteiger partial charge in [-0.25, -0.2) is 0 Å². The average Bonchev–Trinajstić information content (AvgIpc) is 2.45.